The Labute approximate surface area is 114 Å². The van der Waals surface area contributed by atoms with Gasteiger partial charge >= 0.3 is 0 Å². The van der Waals surface area contributed by atoms with Crippen LogP contribution in [0.2, 0.25) is 0 Å². The van der Waals surface area contributed by atoms with E-state index in [0.717, 1.165) is 25.0 Å². The van der Waals surface area contributed by atoms with Crippen LogP contribution >= 0.6 is 0 Å². The minimum Gasteiger partial charge on any atom is -0.497 e. The Hall–Kier alpha value is -2.01. The zero-order valence-electron chi connectivity index (χ0n) is 11.5. The molecule has 0 aliphatic heterocycles. The molecular formula is C17H19NO. The molecule has 1 unspecified atom stereocenters. The lowest BCUT2D eigenvalue weighted by Crippen LogP contribution is -2.02. The van der Waals surface area contributed by atoms with Gasteiger partial charge < -0.3 is 4.74 Å². The van der Waals surface area contributed by atoms with Crippen LogP contribution in [0.15, 0.2) is 36.4 Å². The summed E-state index contributed by atoms with van der Waals surface area (Å²) in [6, 6.07) is 14.8. The van der Waals surface area contributed by atoms with Crippen LogP contribution in [0.5, 0.6) is 5.75 Å². The fourth-order valence-corrected chi connectivity index (χ4v) is 2.46. The van der Waals surface area contributed by atoms with Crippen LogP contribution in [-0.4, -0.2) is 7.11 Å². The smallest absolute Gasteiger partial charge is 0.119 e. The maximum absolute atomic E-state index is 9.20. The molecule has 0 saturated heterocycles. The molecule has 19 heavy (non-hydrogen) atoms. The molecule has 0 aliphatic carbocycles. The van der Waals surface area contributed by atoms with Gasteiger partial charge in [-0.25, -0.2) is 0 Å². The second-order valence-electron chi connectivity index (χ2n) is 4.82. The summed E-state index contributed by atoms with van der Waals surface area (Å²) in [5, 5.41) is 11.6. The number of fused-ring (bicyclic) bond motifs is 1. The molecule has 2 heteroatoms. The van der Waals surface area contributed by atoms with E-state index in [1.807, 2.05) is 12.1 Å². The molecule has 2 aromatic carbocycles. The van der Waals surface area contributed by atoms with E-state index in [9.17, 15) is 5.26 Å². The Balaban J connectivity index is 2.36. The van der Waals surface area contributed by atoms with E-state index in [4.69, 9.17) is 4.74 Å². The Kier molecular flexibility index (Phi) is 4.41. The van der Waals surface area contributed by atoms with Gasteiger partial charge in [0.1, 0.15) is 5.75 Å². The summed E-state index contributed by atoms with van der Waals surface area (Å²) in [6.45, 7) is 2.12. The summed E-state index contributed by atoms with van der Waals surface area (Å²) in [4.78, 5) is 0. The highest BCUT2D eigenvalue weighted by atomic mass is 16.5. The van der Waals surface area contributed by atoms with E-state index in [1.54, 1.807) is 7.11 Å². The zero-order valence-corrected chi connectivity index (χ0v) is 11.5. The van der Waals surface area contributed by atoms with Crippen LogP contribution < -0.4 is 4.74 Å². The highest BCUT2D eigenvalue weighted by Crippen LogP contribution is 2.26. The maximum atomic E-state index is 9.20. The topological polar surface area (TPSA) is 33.0 Å². The maximum Gasteiger partial charge on any atom is 0.119 e. The van der Waals surface area contributed by atoms with E-state index < -0.39 is 0 Å². The quantitative estimate of drug-likeness (QED) is 0.794. The minimum atomic E-state index is 0.109. The first-order valence-electron chi connectivity index (χ1n) is 6.73. The lowest BCUT2D eigenvalue weighted by molar-refractivity contribution is 0.415. The molecule has 2 rings (SSSR count). The monoisotopic (exact) mass is 253 g/mol. The van der Waals surface area contributed by atoms with Crippen molar-refractivity contribution < 1.29 is 4.74 Å². The second-order valence-corrected chi connectivity index (χ2v) is 4.82. The normalized spacial score (nSPS) is 12.1. The largest absolute Gasteiger partial charge is 0.497 e. The van der Waals surface area contributed by atoms with E-state index in [0.29, 0.717) is 0 Å². The van der Waals surface area contributed by atoms with Gasteiger partial charge in [0.25, 0.3) is 0 Å². The highest BCUT2D eigenvalue weighted by Gasteiger charge is 2.10. The van der Waals surface area contributed by atoms with Crippen LogP contribution in [-0.2, 0) is 6.42 Å². The predicted molar refractivity (Wildman–Crippen MR) is 78.2 cm³/mol. The summed E-state index contributed by atoms with van der Waals surface area (Å²) >= 11 is 0. The van der Waals surface area contributed by atoms with Gasteiger partial charge in [-0.05, 0) is 41.3 Å². The number of hydrogen-bond donors (Lipinski definition) is 0. The van der Waals surface area contributed by atoms with Crippen molar-refractivity contribution in [3.8, 4) is 11.8 Å². The Bertz CT molecular complexity index is 598. The molecule has 2 aromatic rings. The number of rotatable bonds is 5. The number of hydrogen-bond acceptors (Lipinski definition) is 2. The SMILES string of the molecule is CCCC(C#N)Cc1cccc2cc(OC)ccc12. The number of nitriles is 1. The predicted octanol–water partition coefficient (Wildman–Crippen LogP) is 4.33. The average Bonchev–Trinajstić information content (AvgIpc) is 2.46. The van der Waals surface area contributed by atoms with Crippen LogP contribution in [0.4, 0.5) is 0 Å². The average molecular weight is 253 g/mol. The van der Waals surface area contributed by atoms with Crippen molar-refractivity contribution in [1.29, 1.82) is 5.26 Å². The molecule has 0 saturated carbocycles. The van der Waals surface area contributed by atoms with E-state index in [1.165, 1.54) is 16.3 Å². The number of benzene rings is 2. The van der Waals surface area contributed by atoms with Crippen LogP contribution in [0, 0.1) is 17.2 Å². The van der Waals surface area contributed by atoms with Crippen molar-refractivity contribution in [2.24, 2.45) is 5.92 Å². The van der Waals surface area contributed by atoms with E-state index >= 15 is 0 Å². The third kappa shape index (κ3) is 3.06. The molecular weight excluding hydrogens is 234 g/mol. The molecule has 0 bridgehead atoms. The summed E-state index contributed by atoms with van der Waals surface area (Å²) in [7, 11) is 1.68. The summed E-state index contributed by atoms with van der Waals surface area (Å²) < 4.78 is 5.25. The van der Waals surface area contributed by atoms with Gasteiger partial charge in [0, 0.05) is 0 Å². The number of ether oxygens (including phenoxy) is 1. The first-order valence-corrected chi connectivity index (χ1v) is 6.73. The van der Waals surface area contributed by atoms with Crippen molar-refractivity contribution in [2.75, 3.05) is 7.11 Å². The molecule has 0 amide bonds. The van der Waals surface area contributed by atoms with E-state index in [2.05, 4.69) is 37.3 Å². The first kappa shape index (κ1) is 13.4. The molecule has 2 nitrogen and oxygen atoms in total. The number of methoxy groups -OCH3 is 1. The van der Waals surface area contributed by atoms with Crippen molar-refractivity contribution in [3.63, 3.8) is 0 Å². The number of nitrogens with zero attached hydrogens (tertiary/aromatic N) is 1. The summed E-state index contributed by atoms with van der Waals surface area (Å²) in [5.74, 6) is 0.979. The molecule has 0 radical (unpaired) electrons. The molecule has 1 atom stereocenters. The van der Waals surface area contributed by atoms with Crippen LogP contribution in [0.3, 0.4) is 0 Å². The second kappa shape index (κ2) is 6.24. The fraction of sp³-hybridized carbons (Fsp3) is 0.353. The van der Waals surface area contributed by atoms with Gasteiger partial charge in [0.2, 0.25) is 0 Å². The van der Waals surface area contributed by atoms with Crippen molar-refractivity contribution >= 4 is 10.8 Å². The van der Waals surface area contributed by atoms with Crippen molar-refractivity contribution in [1.82, 2.24) is 0 Å². The molecule has 0 N–H and O–H groups in total. The third-order valence-electron chi connectivity index (χ3n) is 3.46. The van der Waals surface area contributed by atoms with Gasteiger partial charge in [0.15, 0.2) is 0 Å². The van der Waals surface area contributed by atoms with Gasteiger partial charge in [-0.3, -0.25) is 0 Å². The minimum absolute atomic E-state index is 0.109. The van der Waals surface area contributed by atoms with Gasteiger partial charge in [-0.2, -0.15) is 5.26 Å². The third-order valence-corrected chi connectivity index (χ3v) is 3.46. The Morgan fingerprint density at radius 2 is 2.11 bits per heavy atom. The molecule has 0 heterocycles. The highest BCUT2D eigenvalue weighted by molar-refractivity contribution is 5.87. The lowest BCUT2D eigenvalue weighted by atomic mass is 9.93. The molecule has 0 aliphatic rings. The molecule has 0 fully saturated rings. The van der Waals surface area contributed by atoms with Crippen LogP contribution in [0.1, 0.15) is 25.3 Å². The standard InChI is InChI=1S/C17H19NO/c1-3-5-13(12-18)10-14-6-4-7-15-11-16(19-2)8-9-17(14)15/h4,6-9,11,13H,3,5,10H2,1-2H3. The van der Waals surface area contributed by atoms with Gasteiger partial charge in [-0.15, -0.1) is 0 Å². The Morgan fingerprint density at radius 3 is 2.79 bits per heavy atom. The van der Waals surface area contributed by atoms with Gasteiger partial charge in [-0.1, -0.05) is 37.6 Å². The summed E-state index contributed by atoms with van der Waals surface area (Å²) in [6.07, 6.45) is 2.84. The fourth-order valence-electron chi connectivity index (χ4n) is 2.46. The van der Waals surface area contributed by atoms with Gasteiger partial charge in [0.05, 0.1) is 19.1 Å². The van der Waals surface area contributed by atoms with E-state index in [-0.39, 0.29) is 5.92 Å². The first-order chi connectivity index (χ1) is 9.28. The molecule has 98 valence electrons. The Morgan fingerprint density at radius 1 is 1.26 bits per heavy atom. The zero-order chi connectivity index (χ0) is 13.7. The molecule has 0 aromatic heterocycles. The molecule has 0 spiro atoms. The lowest BCUT2D eigenvalue weighted by Gasteiger charge is -2.11. The van der Waals surface area contributed by atoms with Crippen LogP contribution in [0.25, 0.3) is 10.8 Å². The van der Waals surface area contributed by atoms with Crippen molar-refractivity contribution in [2.45, 2.75) is 26.2 Å². The van der Waals surface area contributed by atoms with Crippen molar-refractivity contribution in [3.05, 3.63) is 42.0 Å². The summed E-state index contributed by atoms with van der Waals surface area (Å²) in [5.41, 5.74) is 1.25.